The van der Waals surface area contributed by atoms with Crippen LogP contribution < -0.4 is 4.74 Å². The first-order valence-electron chi connectivity index (χ1n) is 5.40. The minimum atomic E-state index is -0.912. The molecule has 1 atom stereocenters. The van der Waals surface area contributed by atoms with Crippen molar-refractivity contribution in [1.29, 1.82) is 0 Å². The molecule has 17 heavy (non-hydrogen) atoms. The largest absolute Gasteiger partial charge is 0.497 e. The van der Waals surface area contributed by atoms with E-state index in [1.54, 1.807) is 36.3 Å². The molecule has 1 heterocycles. The number of nitrogens with zero attached hydrogens (tertiary/aromatic N) is 1. The van der Waals surface area contributed by atoms with E-state index < -0.39 is 18.1 Å². The van der Waals surface area contributed by atoms with Gasteiger partial charge in [-0.3, -0.25) is 9.69 Å². The average Bonchev–Trinajstić information content (AvgIpc) is 2.27. The second kappa shape index (κ2) is 4.73. The van der Waals surface area contributed by atoms with Gasteiger partial charge in [0.25, 0.3) is 0 Å². The van der Waals surface area contributed by atoms with E-state index in [4.69, 9.17) is 4.74 Å². The van der Waals surface area contributed by atoms with Gasteiger partial charge < -0.3 is 14.9 Å². The summed E-state index contributed by atoms with van der Waals surface area (Å²) in [5, 5.41) is 18.5. The van der Waals surface area contributed by atoms with Gasteiger partial charge in [-0.1, -0.05) is 12.1 Å². The third kappa shape index (κ3) is 2.40. The summed E-state index contributed by atoms with van der Waals surface area (Å²) >= 11 is 0. The Hall–Kier alpha value is -1.59. The number of aliphatic carboxylic acids is 1. The minimum absolute atomic E-state index is 0.397. The lowest BCUT2D eigenvalue weighted by molar-refractivity contribution is -0.148. The fourth-order valence-corrected chi connectivity index (χ4v) is 2.02. The Balaban J connectivity index is 2.23. The van der Waals surface area contributed by atoms with Crippen LogP contribution in [0.15, 0.2) is 24.3 Å². The number of likely N-dealkylation sites (tertiary alicyclic amines) is 1. The van der Waals surface area contributed by atoms with Crippen molar-refractivity contribution in [3.05, 3.63) is 29.8 Å². The van der Waals surface area contributed by atoms with Crippen LogP contribution in [0.3, 0.4) is 0 Å². The highest BCUT2D eigenvalue weighted by atomic mass is 16.5. The fraction of sp³-hybridized carbons (Fsp3) is 0.417. The molecule has 0 bridgehead atoms. The van der Waals surface area contributed by atoms with E-state index >= 15 is 0 Å². The van der Waals surface area contributed by atoms with Gasteiger partial charge in [0, 0.05) is 13.1 Å². The molecule has 1 aromatic carbocycles. The number of hydrogen-bond donors (Lipinski definition) is 2. The molecule has 5 heteroatoms. The molecule has 2 rings (SSSR count). The van der Waals surface area contributed by atoms with Gasteiger partial charge in [-0.25, -0.2) is 0 Å². The summed E-state index contributed by atoms with van der Waals surface area (Å²) in [6.45, 7) is 0.794. The molecule has 1 unspecified atom stereocenters. The van der Waals surface area contributed by atoms with E-state index in [-0.39, 0.29) is 0 Å². The molecule has 2 N–H and O–H groups in total. The number of aliphatic hydroxyl groups is 1. The summed E-state index contributed by atoms with van der Waals surface area (Å²) in [5.41, 5.74) is 0.670. The number of carbonyl (C=O) groups is 1. The van der Waals surface area contributed by atoms with E-state index in [0.29, 0.717) is 24.4 Å². The van der Waals surface area contributed by atoms with Gasteiger partial charge >= 0.3 is 5.97 Å². The molecule has 0 aliphatic carbocycles. The zero-order valence-electron chi connectivity index (χ0n) is 9.54. The van der Waals surface area contributed by atoms with Crippen molar-refractivity contribution in [2.75, 3.05) is 20.2 Å². The highest BCUT2D eigenvalue weighted by Crippen LogP contribution is 2.28. The second-order valence-electron chi connectivity index (χ2n) is 4.13. The SMILES string of the molecule is COc1cccc(C(C(=O)O)N2CC(O)C2)c1. The number of rotatable bonds is 4. The first-order valence-corrected chi connectivity index (χ1v) is 5.40. The number of ether oxygens (including phenoxy) is 1. The van der Waals surface area contributed by atoms with Crippen LogP contribution in [0.4, 0.5) is 0 Å². The summed E-state index contributed by atoms with van der Waals surface area (Å²) in [5.74, 6) is -0.278. The monoisotopic (exact) mass is 237 g/mol. The Bertz CT molecular complexity index is 415. The van der Waals surface area contributed by atoms with Crippen LogP contribution >= 0.6 is 0 Å². The van der Waals surface area contributed by atoms with E-state index in [1.807, 2.05) is 0 Å². The molecular weight excluding hydrogens is 222 g/mol. The van der Waals surface area contributed by atoms with Gasteiger partial charge in [0.05, 0.1) is 13.2 Å². The highest BCUT2D eigenvalue weighted by Gasteiger charge is 2.36. The maximum absolute atomic E-state index is 11.3. The van der Waals surface area contributed by atoms with Crippen molar-refractivity contribution in [3.8, 4) is 5.75 Å². The summed E-state index contributed by atoms with van der Waals surface area (Å²) in [6, 6.07) is 6.29. The van der Waals surface area contributed by atoms with Crippen molar-refractivity contribution in [2.45, 2.75) is 12.1 Å². The van der Waals surface area contributed by atoms with E-state index in [2.05, 4.69) is 0 Å². The van der Waals surface area contributed by atoms with Crippen LogP contribution in [-0.2, 0) is 4.79 Å². The number of hydrogen-bond acceptors (Lipinski definition) is 4. The van der Waals surface area contributed by atoms with Crippen molar-refractivity contribution in [2.24, 2.45) is 0 Å². The Labute approximate surface area is 99.2 Å². The lowest BCUT2D eigenvalue weighted by Crippen LogP contribution is -2.53. The van der Waals surface area contributed by atoms with Crippen LogP contribution in [-0.4, -0.2) is 47.4 Å². The topological polar surface area (TPSA) is 70.0 Å². The van der Waals surface area contributed by atoms with E-state index in [1.165, 1.54) is 0 Å². The normalized spacial score (nSPS) is 18.5. The minimum Gasteiger partial charge on any atom is -0.497 e. The maximum atomic E-state index is 11.3. The molecule has 1 aromatic rings. The molecule has 0 aromatic heterocycles. The zero-order valence-corrected chi connectivity index (χ0v) is 9.54. The first-order chi connectivity index (χ1) is 8.11. The molecule has 1 aliphatic heterocycles. The number of benzene rings is 1. The van der Waals surface area contributed by atoms with Crippen molar-refractivity contribution in [1.82, 2.24) is 4.90 Å². The fourth-order valence-electron chi connectivity index (χ4n) is 2.02. The molecular formula is C12H15NO4. The average molecular weight is 237 g/mol. The van der Waals surface area contributed by atoms with E-state index in [9.17, 15) is 15.0 Å². The van der Waals surface area contributed by atoms with Gasteiger partial charge in [-0.05, 0) is 17.7 Å². The Morgan fingerprint density at radius 2 is 2.24 bits per heavy atom. The van der Waals surface area contributed by atoms with Crippen LogP contribution in [0.2, 0.25) is 0 Å². The summed E-state index contributed by atoms with van der Waals surface area (Å²) in [6.07, 6.45) is -0.414. The molecule has 1 aliphatic rings. The molecule has 92 valence electrons. The Morgan fingerprint density at radius 3 is 2.76 bits per heavy atom. The summed E-state index contributed by atoms with van der Waals surface area (Å²) < 4.78 is 5.08. The standard InChI is InChI=1S/C12H15NO4/c1-17-10-4-2-3-8(5-10)11(12(15)16)13-6-9(14)7-13/h2-5,9,11,14H,6-7H2,1H3,(H,15,16). The van der Waals surface area contributed by atoms with Crippen LogP contribution in [0, 0.1) is 0 Å². The van der Waals surface area contributed by atoms with Crippen LogP contribution in [0.5, 0.6) is 5.75 Å². The molecule has 5 nitrogen and oxygen atoms in total. The molecule has 0 radical (unpaired) electrons. The quantitative estimate of drug-likeness (QED) is 0.798. The Morgan fingerprint density at radius 1 is 1.53 bits per heavy atom. The maximum Gasteiger partial charge on any atom is 0.325 e. The van der Waals surface area contributed by atoms with Gasteiger partial charge in [0.15, 0.2) is 0 Å². The van der Waals surface area contributed by atoms with Gasteiger partial charge in [0.2, 0.25) is 0 Å². The molecule has 1 fully saturated rings. The molecule has 0 saturated carbocycles. The van der Waals surface area contributed by atoms with Crippen LogP contribution in [0.1, 0.15) is 11.6 Å². The smallest absolute Gasteiger partial charge is 0.325 e. The summed E-state index contributed by atoms with van der Waals surface area (Å²) in [7, 11) is 1.54. The lowest BCUT2D eigenvalue weighted by Gasteiger charge is -2.40. The zero-order chi connectivity index (χ0) is 12.4. The molecule has 1 saturated heterocycles. The predicted molar refractivity (Wildman–Crippen MR) is 61.0 cm³/mol. The second-order valence-corrected chi connectivity index (χ2v) is 4.13. The third-order valence-corrected chi connectivity index (χ3v) is 2.90. The number of methoxy groups -OCH3 is 1. The molecule has 0 spiro atoms. The number of carboxylic acids is 1. The first kappa shape index (κ1) is 11.9. The van der Waals surface area contributed by atoms with Gasteiger partial charge in [-0.2, -0.15) is 0 Å². The van der Waals surface area contributed by atoms with Crippen molar-refractivity contribution in [3.63, 3.8) is 0 Å². The third-order valence-electron chi connectivity index (χ3n) is 2.90. The molecule has 0 amide bonds. The van der Waals surface area contributed by atoms with Crippen molar-refractivity contribution < 1.29 is 19.7 Å². The lowest BCUT2D eigenvalue weighted by atomic mass is 10.0. The summed E-state index contributed by atoms with van der Waals surface area (Å²) in [4.78, 5) is 13.0. The number of carboxylic acid groups (broad SMARTS) is 1. The van der Waals surface area contributed by atoms with Crippen LogP contribution in [0.25, 0.3) is 0 Å². The Kier molecular flexibility index (Phi) is 3.31. The van der Waals surface area contributed by atoms with Crippen molar-refractivity contribution >= 4 is 5.97 Å². The number of aliphatic hydroxyl groups excluding tert-OH is 1. The van der Waals surface area contributed by atoms with E-state index in [0.717, 1.165) is 0 Å². The van der Waals surface area contributed by atoms with Gasteiger partial charge in [-0.15, -0.1) is 0 Å². The number of β-amino-alcohol motifs (C(OH)–C–C–N with tert-alkyl or cyclic N) is 1. The highest BCUT2D eigenvalue weighted by molar-refractivity contribution is 5.76. The predicted octanol–water partition coefficient (Wildman–Crippen LogP) is 0.497. The van der Waals surface area contributed by atoms with Gasteiger partial charge in [0.1, 0.15) is 11.8 Å².